The summed E-state index contributed by atoms with van der Waals surface area (Å²) in [6, 6.07) is 5.42. The van der Waals surface area contributed by atoms with Crippen molar-refractivity contribution in [2.75, 3.05) is 26.2 Å². The Labute approximate surface area is 238 Å². The minimum atomic E-state index is -1.19. The van der Waals surface area contributed by atoms with Gasteiger partial charge >= 0.3 is 5.97 Å². The van der Waals surface area contributed by atoms with Gasteiger partial charge in [0.1, 0.15) is 18.1 Å². The summed E-state index contributed by atoms with van der Waals surface area (Å²) in [7, 11) is 0. The molecule has 4 amide bonds. The number of nitrogens with one attached hydrogen (secondary N) is 2. The van der Waals surface area contributed by atoms with Crippen LogP contribution in [0.3, 0.4) is 0 Å². The van der Waals surface area contributed by atoms with E-state index in [0.29, 0.717) is 58.2 Å². The number of amides is 4. The molecular weight excluding hydrogens is 532 g/mol. The Morgan fingerprint density at radius 3 is 2.32 bits per heavy atom. The zero-order chi connectivity index (χ0) is 29.9. The first-order valence-electron chi connectivity index (χ1n) is 13.8. The standard InChI is InChI=1S/C27H40N8O6/c28-18(9-4-12-31-27(29)30)24(38)35-14-6-11-21(35)25(39)34-13-5-10-20(34)23(37)32-16-22(36)33-19(26(40)41)15-17-7-2-1-3-8-17/h1-3,7-8,18-21H,4-6,9-16,28H2,(H,32,37)(H,33,36)(H,40,41)(H4,29,30,31)/t18-,19?,20-,21-/m0/s1. The maximum absolute atomic E-state index is 13.5. The van der Waals surface area contributed by atoms with Gasteiger partial charge in [0.15, 0.2) is 5.96 Å². The van der Waals surface area contributed by atoms with Crippen molar-refractivity contribution < 1.29 is 29.1 Å². The van der Waals surface area contributed by atoms with E-state index in [-0.39, 0.29) is 24.2 Å². The van der Waals surface area contributed by atoms with Crippen molar-refractivity contribution in [1.29, 1.82) is 0 Å². The van der Waals surface area contributed by atoms with Crippen molar-refractivity contribution in [1.82, 2.24) is 20.4 Å². The van der Waals surface area contributed by atoms with Crippen LogP contribution in [0.25, 0.3) is 0 Å². The van der Waals surface area contributed by atoms with Crippen LogP contribution in [0, 0.1) is 0 Å². The molecule has 0 radical (unpaired) electrons. The molecule has 2 saturated heterocycles. The summed E-state index contributed by atoms with van der Waals surface area (Å²) in [5.41, 5.74) is 17.5. The highest BCUT2D eigenvalue weighted by molar-refractivity contribution is 5.95. The number of carbonyl (C=O) groups excluding carboxylic acids is 4. The number of aliphatic imine (C=N–C) groups is 1. The molecule has 14 heteroatoms. The number of hydrogen-bond acceptors (Lipinski definition) is 7. The summed E-state index contributed by atoms with van der Waals surface area (Å²) >= 11 is 0. The van der Waals surface area contributed by atoms with Crippen LogP contribution >= 0.6 is 0 Å². The van der Waals surface area contributed by atoms with E-state index in [4.69, 9.17) is 17.2 Å². The summed E-state index contributed by atoms with van der Waals surface area (Å²) in [5.74, 6) is -3.03. The molecule has 0 bridgehead atoms. The number of rotatable bonds is 13. The zero-order valence-corrected chi connectivity index (χ0v) is 23.0. The Morgan fingerprint density at radius 2 is 1.66 bits per heavy atom. The predicted molar refractivity (Wildman–Crippen MR) is 150 cm³/mol. The Balaban J connectivity index is 1.53. The number of carbonyl (C=O) groups is 5. The average molecular weight is 573 g/mol. The van der Waals surface area contributed by atoms with E-state index < -0.39 is 48.5 Å². The van der Waals surface area contributed by atoms with Crippen molar-refractivity contribution in [3.05, 3.63) is 35.9 Å². The van der Waals surface area contributed by atoms with Gasteiger partial charge in [0.25, 0.3) is 0 Å². The van der Waals surface area contributed by atoms with Crippen LogP contribution in [0.5, 0.6) is 0 Å². The summed E-state index contributed by atoms with van der Waals surface area (Å²) in [6.45, 7) is 0.663. The fourth-order valence-electron chi connectivity index (χ4n) is 5.22. The molecule has 2 aliphatic rings. The Kier molecular flexibility index (Phi) is 11.4. The highest BCUT2D eigenvalue weighted by atomic mass is 16.4. The number of benzene rings is 1. The SMILES string of the molecule is NC(N)=NCCC[C@H](N)C(=O)N1CCC[C@H]1C(=O)N1CCC[C@H]1C(=O)NCC(=O)NC(Cc1ccccc1)C(=O)O. The second-order valence-electron chi connectivity index (χ2n) is 10.3. The summed E-state index contributed by atoms with van der Waals surface area (Å²) in [5, 5.41) is 14.5. The molecule has 224 valence electrons. The molecule has 0 spiro atoms. The molecule has 14 nitrogen and oxygen atoms in total. The van der Waals surface area contributed by atoms with Crippen molar-refractivity contribution in [2.45, 2.75) is 69.1 Å². The van der Waals surface area contributed by atoms with Gasteiger partial charge in [-0.1, -0.05) is 30.3 Å². The number of aliphatic carboxylic acids is 1. The molecule has 0 aromatic heterocycles. The molecule has 1 aromatic rings. The van der Waals surface area contributed by atoms with Crippen LogP contribution in [0.4, 0.5) is 0 Å². The largest absolute Gasteiger partial charge is 0.480 e. The molecule has 3 rings (SSSR count). The number of nitrogens with zero attached hydrogens (tertiary/aromatic N) is 3. The minimum absolute atomic E-state index is 0.0348. The van der Waals surface area contributed by atoms with Gasteiger partial charge in [-0.2, -0.15) is 0 Å². The Bertz CT molecular complexity index is 1130. The predicted octanol–water partition coefficient (Wildman–Crippen LogP) is -1.72. The Morgan fingerprint density at radius 1 is 1.00 bits per heavy atom. The first-order valence-corrected chi connectivity index (χ1v) is 13.8. The molecule has 0 aliphatic carbocycles. The van der Waals surface area contributed by atoms with Crippen molar-refractivity contribution in [2.24, 2.45) is 22.2 Å². The van der Waals surface area contributed by atoms with E-state index in [2.05, 4.69) is 15.6 Å². The van der Waals surface area contributed by atoms with Gasteiger partial charge in [-0.25, -0.2) is 4.79 Å². The van der Waals surface area contributed by atoms with Gasteiger partial charge in [0, 0.05) is 26.1 Å². The molecule has 41 heavy (non-hydrogen) atoms. The summed E-state index contributed by atoms with van der Waals surface area (Å²) in [4.78, 5) is 70.4. The average Bonchev–Trinajstić information content (AvgIpc) is 3.64. The second-order valence-corrected chi connectivity index (χ2v) is 10.3. The molecule has 2 heterocycles. The van der Waals surface area contributed by atoms with E-state index in [1.807, 2.05) is 0 Å². The first kappa shape index (κ1) is 31.3. The van der Waals surface area contributed by atoms with Gasteiger partial charge in [0.05, 0.1) is 12.6 Å². The van der Waals surface area contributed by atoms with Crippen LogP contribution in [0.15, 0.2) is 35.3 Å². The zero-order valence-electron chi connectivity index (χ0n) is 23.0. The normalized spacial score (nSPS) is 19.7. The third-order valence-electron chi connectivity index (χ3n) is 7.28. The van der Waals surface area contributed by atoms with Gasteiger partial charge in [0.2, 0.25) is 23.6 Å². The molecule has 1 unspecified atom stereocenters. The highest BCUT2D eigenvalue weighted by Gasteiger charge is 2.42. The molecule has 2 aliphatic heterocycles. The lowest BCUT2D eigenvalue weighted by Crippen LogP contribution is -2.55. The molecular formula is C27H40N8O6. The molecule has 1 aromatic carbocycles. The van der Waals surface area contributed by atoms with Crippen LogP contribution in [-0.2, 0) is 30.4 Å². The van der Waals surface area contributed by atoms with Crippen molar-refractivity contribution >= 4 is 35.6 Å². The van der Waals surface area contributed by atoms with Crippen LogP contribution in [0.2, 0.25) is 0 Å². The minimum Gasteiger partial charge on any atom is -0.480 e. The van der Waals surface area contributed by atoms with E-state index >= 15 is 0 Å². The van der Waals surface area contributed by atoms with Gasteiger partial charge < -0.3 is 42.7 Å². The Hall–Kier alpha value is -4.20. The van der Waals surface area contributed by atoms with Crippen LogP contribution in [-0.4, -0.2) is 101 Å². The first-order chi connectivity index (χ1) is 19.6. The number of guanidine groups is 1. The lowest BCUT2D eigenvalue weighted by Gasteiger charge is -2.32. The monoisotopic (exact) mass is 572 g/mol. The number of nitrogens with two attached hydrogens (primary N) is 3. The fraction of sp³-hybridized carbons (Fsp3) is 0.556. The topological polar surface area (TPSA) is 227 Å². The molecule has 0 saturated carbocycles. The fourth-order valence-corrected chi connectivity index (χ4v) is 5.22. The number of carboxylic acids is 1. The summed E-state index contributed by atoms with van der Waals surface area (Å²) < 4.78 is 0. The van der Waals surface area contributed by atoms with Crippen LogP contribution in [0.1, 0.15) is 44.1 Å². The highest BCUT2D eigenvalue weighted by Crippen LogP contribution is 2.25. The van der Waals surface area contributed by atoms with Crippen LogP contribution < -0.4 is 27.8 Å². The third kappa shape index (κ3) is 8.90. The van der Waals surface area contributed by atoms with E-state index in [1.165, 1.54) is 9.80 Å². The third-order valence-corrected chi connectivity index (χ3v) is 7.28. The van der Waals surface area contributed by atoms with E-state index in [9.17, 15) is 29.1 Å². The number of likely N-dealkylation sites (tertiary alicyclic amines) is 2. The molecule has 9 N–H and O–H groups in total. The number of carboxylic acid groups (broad SMARTS) is 1. The maximum atomic E-state index is 13.5. The van der Waals surface area contributed by atoms with E-state index in [0.717, 1.165) is 5.56 Å². The van der Waals surface area contributed by atoms with E-state index in [1.54, 1.807) is 30.3 Å². The number of hydrogen-bond donors (Lipinski definition) is 6. The van der Waals surface area contributed by atoms with Gasteiger partial charge in [-0.15, -0.1) is 0 Å². The second kappa shape index (κ2) is 15.0. The lowest BCUT2D eigenvalue weighted by molar-refractivity contribution is -0.147. The quantitative estimate of drug-likeness (QED) is 0.0896. The smallest absolute Gasteiger partial charge is 0.326 e. The molecule has 2 fully saturated rings. The lowest BCUT2D eigenvalue weighted by atomic mass is 10.1. The van der Waals surface area contributed by atoms with Gasteiger partial charge in [-0.05, 0) is 44.1 Å². The maximum Gasteiger partial charge on any atom is 0.326 e. The van der Waals surface area contributed by atoms with Crippen molar-refractivity contribution in [3.63, 3.8) is 0 Å². The summed E-state index contributed by atoms with van der Waals surface area (Å²) in [6.07, 6.45) is 3.08. The molecule has 4 atom stereocenters. The van der Waals surface area contributed by atoms with Gasteiger partial charge in [-0.3, -0.25) is 24.2 Å². The van der Waals surface area contributed by atoms with Crippen molar-refractivity contribution in [3.8, 4) is 0 Å².